The van der Waals surface area contributed by atoms with Gasteiger partial charge in [-0.2, -0.15) is 0 Å². The Labute approximate surface area is 148 Å². The molecule has 0 aliphatic carbocycles. The molecule has 26 heavy (non-hydrogen) atoms. The molecule has 1 heterocycles. The molecule has 1 fully saturated rings. The van der Waals surface area contributed by atoms with Gasteiger partial charge in [-0.1, -0.05) is 6.07 Å². The highest BCUT2D eigenvalue weighted by Crippen LogP contribution is 2.25. The smallest absolute Gasteiger partial charge is 0.306 e. The Morgan fingerprint density at radius 3 is 2.58 bits per heavy atom. The van der Waals surface area contributed by atoms with Crippen LogP contribution in [0.1, 0.15) is 31.4 Å². The van der Waals surface area contributed by atoms with Crippen LogP contribution in [0.15, 0.2) is 18.2 Å². The minimum Gasteiger partial charge on any atom is -0.481 e. The highest BCUT2D eigenvalue weighted by molar-refractivity contribution is 5.79. The summed E-state index contributed by atoms with van der Waals surface area (Å²) < 4.78 is 33.4. The first-order valence-electron chi connectivity index (χ1n) is 8.10. The third-order valence-electron chi connectivity index (χ3n) is 4.00. The van der Waals surface area contributed by atoms with Crippen molar-refractivity contribution in [3.8, 4) is 0 Å². The average Bonchev–Trinajstić information content (AvgIpc) is 2.53. The predicted octanol–water partition coefficient (Wildman–Crippen LogP) is 1.23. The third-order valence-corrected chi connectivity index (χ3v) is 4.00. The predicted molar refractivity (Wildman–Crippen MR) is 86.1 cm³/mol. The van der Waals surface area contributed by atoms with E-state index in [0.717, 1.165) is 12.1 Å². The molecule has 0 radical (unpaired) electrons. The van der Waals surface area contributed by atoms with Crippen LogP contribution < -0.4 is 5.32 Å². The van der Waals surface area contributed by atoms with E-state index in [4.69, 9.17) is 9.84 Å². The van der Waals surface area contributed by atoms with E-state index in [-0.39, 0.29) is 38.1 Å². The standard InChI is InChI=1S/C17H20F2N2O5/c1-10(22)20-14(17-12(18)3-2-4-13(17)19)8-15(23)21-5-6-26-11(9-21)7-16(24)25/h2-4,11,14H,5-9H2,1H3,(H,20,22)(H,24,25)/t11-,14-/m1/s1. The topological polar surface area (TPSA) is 95.9 Å². The van der Waals surface area contributed by atoms with Crippen LogP contribution in [-0.4, -0.2) is 53.6 Å². The molecule has 1 aromatic rings. The van der Waals surface area contributed by atoms with Gasteiger partial charge in [-0.05, 0) is 12.1 Å². The lowest BCUT2D eigenvalue weighted by Crippen LogP contribution is -2.47. The Morgan fingerprint density at radius 2 is 2.00 bits per heavy atom. The summed E-state index contributed by atoms with van der Waals surface area (Å²) in [6.07, 6.45) is -1.24. The van der Waals surface area contributed by atoms with Crippen LogP contribution >= 0.6 is 0 Å². The molecule has 0 bridgehead atoms. The number of halogens is 2. The van der Waals surface area contributed by atoms with E-state index >= 15 is 0 Å². The van der Waals surface area contributed by atoms with Crippen LogP contribution in [-0.2, 0) is 19.1 Å². The van der Waals surface area contributed by atoms with Crippen molar-refractivity contribution in [3.05, 3.63) is 35.4 Å². The van der Waals surface area contributed by atoms with Crippen molar-refractivity contribution in [1.82, 2.24) is 10.2 Å². The molecule has 0 unspecified atom stereocenters. The fourth-order valence-corrected chi connectivity index (χ4v) is 2.88. The first-order valence-corrected chi connectivity index (χ1v) is 8.10. The Balaban J connectivity index is 2.14. The summed E-state index contributed by atoms with van der Waals surface area (Å²) in [6, 6.07) is 2.13. The number of nitrogens with zero attached hydrogens (tertiary/aromatic N) is 1. The summed E-state index contributed by atoms with van der Waals surface area (Å²) in [5.74, 6) is -3.75. The molecule has 0 aromatic heterocycles. The van der Waals surface area contributed by atoms with Crippen LogP contribution in [0, 0.1) is 11.6 Å². The van der Waals surface area contributed by atoms with Crippen LogP contribution in [0.4, 0.5) is 8.78 Å². The van der Waals surface area contributed by atoms with Gasteiger partial charge in [0.2, 0.25) is 11.8 Å². The van der Waals surface area contributed by atoms with E-state index in [2.05, 4.69) is 5.32 Å². The van der Waals surface area contributed by atoms with Gasteiger partial charge in [0.05, 0.1) is 31.6 Å². The second-order valence-electron chi connectivity index (χ2n) is 6.02. The van der Waals surface area contributed by atoms with Gasteiger partial charge in [-0.15, -0.1) is 0 Å². The number of morpholine rings is 1. The number of carboxylic acid groups (broad SMARTS) is 1. The van der Waals surface area contributed by atoms with Gasteiger partial charge in [0.15, 0.2) is 0 Å². The highest BCUT2D eigenvalue weighted by Gasteiger charge is 2.30. The molecule has 1 aromatic carbocycles. The molecular weight excluding hydrogens is 350 g/mol. The summed E-state index contributed by atoms with van der Waals surface area (Å²) in [5, 5.41) is 11.2. The molecule has 142 valence electrons. The van der Waals surface area contributed by atoms with Crippen molar-refractivity contribution < 1.29 is 33.0 Å². The fraction of sp³-hybridized carbons (Fsp3) is 0.471. The number of carbonyl (C=O) groups is 3. The van der Waals surface area contributed by atoms with Crippen molar-refractivity contribution in [2.24, 2.45) is 0 Å². The molecular formula is C17H20F2N2O5. The molecule has 2 N–H and O–H groups in total. The molecule has 2 atom stereocenters. The molecule has 2 amide bonds. The number of carbonyl (C=O) groups excluding carboxylic acids is 2. The number of amides is 2. The van der Waals surface area contributed by atoms with E-state index in [1.807, 2.05) is 0 Å². The minimum absolute atomic E-state index is 0.0671. The van der Waals surface area contributed by atoms with Crippen LogP contribution in [0.3, 0.4) is 0 Å². The lowest BCUT2D eigenvalue weighted by atomic mass is 10.0. The maximum atomic E-state index is 14.0. The minimum atomic E-state index is -1.16. The second kappa shape index (κ2) is 8.70. The number of rotatable bonds is 6. The van der Waals surface area contributed by atoms with Gasteiger partial charge in [-0.3, -0.25) is 14.4 Å². The van der Waals surface area contributed by atoms with Crippen molar-refractivity contribution in [2.75, 3.05) is 19.7 Å². The van der Waals surface area contributed by atoms with Gasteiger partial charge in [0.1, 0.15) is 11.6 Å². The zero-order chi connectivity index (χ0) is 19.3. The Bertz CT molecular complexity index is 677. The van der Waals surface area contributed by atoms with Gasteiger partial charge < -0.3 is 20.1 Å². The molecule has 2 rings (SSSR count). The van der Waals surface area contributed by atoms with E-state index in [0.29, 0.717) is 0 Å². The number of aliphatic carboxylic acids is 1. The summed E-state index contributed by atoms with van der Waals surface area (Å²) in [6.45, 7) is 1.66. The largest absolute Gasteiger partial charge is 0.481 e. The number of carboxylic acids is 1. The molecule has 1 aliphatic rings. The maximum Gasteiger partial charge on any atom is 0.306 e. The van der Waals surface area contributed by atoms with Crippen LogP contribution in [0.5, 0.6) is 0 Å². The summed E-state index contributed by atoms with van der Waals surface area (Å²) in [5.41, 5.74) is -0.383. The summed E-state index contributed by atoms with van der Waals surface area (Å²) in [4.78, 5) is 36.1. The molecule has 0 saturated carbocycles. The lowest BCUT2D eigenvalue weighted by Gasteiger charge is -2.33. The van der Waals surface area contributed by atoms with Crippen molar-refractivity contribution in [2.45, 2.75) is 31.9 Å². The number of hydrogen-bond acceptors (Lipinski definition) is 4. The maximum absolute atomic E-state index is 14.0. The SMILES string of the molecule is CC(=O)N[C@H](CC(=O)N1CCO[C@H](CC(=O)O)C1)c1c(F)cccc1F. The first-order chi connectivity index (χ1) is 12.3. The number of benzene rings is 1. The average molecular weight is 370 g/mol. The Hall–Kier alpha value is -2.55. The Kier molecular flexibility index (Phi) is 6.62. The summed E-state index contributed by atoms with van der Waals surface area (Å²) >= 11 is 0. The monoisotopic (exact) mass is 370 g/mol. The number of nitrogens with one attached hydrogen (secondary N) is 1. The molecule has 1 aliphatic heterocycles. The van der Waals surface area contributed by atoms with E-state index in [1.54, 1.807) is 0 Å². The first kappa shape index (κ1) is 19.8. The molecule has 0 spiro atoms. The van der Waals surface area contributed by atoms with E-state index in [1.165, 1.54) is 17.9 Å². The second-order valence-corrected chi connectivity index (χ2v) is 6.02. The van der Waals surface area contributed by atoms with E-state index < -0.39 is 41.6 Å². The van der Waals surface area contributed by atoms with Gasteiger partial charge in [0.25, 0.3) is 0 Å². The van der Waals surface area contributed by atoms with Crippen molar-refractivity contribution >= 4 is 17.8 Å². The van der Waals surface area contributed by atoms with Crippen molar-refractivity contribution in [1.29, 1.82) is 0 Å². The van der Waals surface area contributed by atoms with Gasteiger partial charge in [0, 0.05) is 25.6 Å². The number of ether oxygens (including phenoxy) is 1. The van der Waals surface area contributed by atoms with E-state index in [9.17, 15) is 23.2 Å². The quantitative estimate of drug-likeness (QED) is 0.785. The van der Waals surface area contributed by atoms with Crippen molar-refractivity contribution in [3.63, 3.8) is 0 Å². The normalized spacial score (nSPS) is 18.3. The summed E-state index contributed by atoms with van der Waals surface area (Å²) in [7, 11) is 0. The third kappa shape index (κ3) is 5.22. The zero-order valence-electron chi connectivity index (χ0n) is 14.2. The zero-order valence-corrected chi connectivity index (χ0v) is 14.2. The van der Waals surface area contributed by atoms with Gasteiger partial charge >= 0.3 is 5.97 Å². The van der Waals surface area contributed by atoms with Crippen LogP contribution in [0.2, 0.25) is 0 Å². The fourth-order valence-electron chi connectivity index (χ4n) is 2.88. The van der Waals surface area contributed by atoms with Crippen LogP contribution in [0.25, 0.3) is 0 Å². The molecule has 9 heteroatoms. The lowest BCUT2D eigenvalue weighted by molar-refractivity contribution is -0.148. The number of hydrogen-bond donors (Lipinski definition) is 2. The highest BCUT2D eigenvalue weighted by atomic mass is 19.1. The molecule has 7 nitrogen and oxygen atoms in total. The molecule has 1 saturated heterocycles. The Morgan fingerprint density at radius 1 is 1.35 bits per heavy atom. The van der Waals surface area contributed by atoms with Gasteiger partial charge in [-0.25, -0.2) is 8.78 Å².